The predicted octanol–water partition coefficient (Wildman–Crippen LogP) is 1.57. The molecule has 1 heterocycles. The van der Waals surface area contributed by atoms with E-state index in [9.17, 15) is 26.3 Å². The summed E-state index contributed by atoms with van der Waals surface area (Å²) in [7, 11) is 0. The Bertz CT molecular complexity index is 434. The first-order valence-electron chi connectivity index (χ1n) is 5.59. The van der Waals surface area contributed by atoms with Gasteiger partial charge in [-0.3, -0.25) is 0 Å². The molecule has 13 heteroatoms. The summed E-state index contributed by atoms with van der Waals surface area (Å²) in [6.45, 7) is 0.749. The van der Waals surface area contributed by atoms with Crippen molar-refractivity contribution < 1.29 is 46.1 Å². The van der Waals surface area contributed by atoms with Crippen molar-refractivity contribution in [3.05, 3.63) is 18.2 Å². The van der Waals surface area contributed by atoms with Gasteiger partial charge in [-0.05, 0) is 19.4 Å². The van der Waals surface area contributed by atoms with Crippen molar-refractivity contribution in [1.82, 2.24) is 9.97 Å². The largest absolute Gasteiger partial charge is 0.490 e. The molecule has 0 unspecified atom stereocenters. The predicted molar refractivity (Wildman–Crippen MR) is 63.3 cm³/mol. The van der Waals surface area contributed by atoms with Gasteiger partial charge in [0.25, 0.3) is 0 Å². The third-order valence-corrected chi connectivity index (χ3v) is 1.69. The van der Waals surface area contributed by atoms with Gasteiger partial charge >= 0.3 is 24.3 Å². The molecule has 0 aliphatic heterocycles. The van der Waals surface area contributed by atoms with Crippen LogP contribution >= 0.6 is 0 Å². The fourth-order valence-electron chi connectivity index (χ4n) is 0.714. The zero-order valence-corrected chi connectivity index (χ0v) is 11.3. The van der Waals surface area contributed by atoms with E-state index in [1.54, 1.807) is 6.33 Å². The molecule has 0 aliphatic carbocycles. The van der Waals surface area contributed by atoms with E-state index in [0.717, 1.165) is 19.4 Å². The summed E-state index contributed by atoms with van der Waals surface area (Å²) in [6.07, 6.45) is -4.61. The van der Waals surface area contributed by atoms with E-state index in [-0.39, 0.29) is 0 Å². The van der Waals surface area contributed by atoms with Crippen LogP contribution in [0.25, 0.3) is 0 Å². The Morgan fingerprint density at radius 1 is 1.09 bits per heavy atom. The number of rotatable bonds is 3. The lowest BCUT2D eigenvalue weighted by Crippen LogP contribution is -2.21. The maximum absolute atomic E-state index is 10.6. The van der Waals surface area contributed by atoms with E-state index in [1.807, 2.05) is 6.20 Å². The number of alkyl halides is 6. The summed E-state index contributed by atoms with van der Waals surface area (Å²) in [5.41, 5.74) is 6.48. The molecule has 134 valence electrons. The Hall–Kier alpha value is -2.31. The first-order valence-corrected chi connectivity index (χ1v) is 5.59. The van der Waals surface area contributed by atoms with Crippen molar-refractivity contribution in [2.75, 3.05) is 6.54 Å². The SMILES string of the molecule is NCCCc1cnc[nH]1.O=C(O)C(F)(F)F.O=C(O)C(F)(F)F. The minimum Gasteiger partial charge on any atom is -0.475 e. The van der Waals surface area contributed by atoms with Gasteiger partial charge < -0.3 is 20.9 Å². The number of aryl methyl sites for hydroxylation is 1. The molecule has 1 rings (SSSR count). The summed E-state index contributed by atoms with van der Waals surface area (Å²) in [6, 6.07) is 0. The highest BCUT2D eigenvalue weighted by Crippen LogP contribution is 2.13. The monoisotopic (exact) mass is 353 g/mol. The van der Waals surface area contributed by atoms with Crippen LogP contribution in [0.5, 0.6) is 0 Å². The highest BCUT2D eigenvalue weighted by atomic mass is 19.4. The Balaban J connectivity index is 0. The van der Waals surface area contributed by atoms with E-state index in [2.05, 4.69) is 9.97 Å². The average molecular weight is 353 g/mol. The molecular formula is C10H13F6N3O4. The summed E-state index contributed by atoms with van der Waals surface area (Å²) in [4.78, 5) is 24.7. The molecule has 0 bridgehead atoms. The third kappa shape index (κ3) is 14.4. The maximum Gasteiger partial charge on any atom is 0.490 e. The number of hydrogen-bond donors (Lipinski definition) is 4. The molecule has 0 saturated carbocycles. The molecule has 0 amide bonds. The molecule has 5 N–H and O–H groups in total. The number of carbonyl (C=O) groups is 2. The lowest BCUT2D eigenvalue weighted by Gasteiger charge is -1.93. The standard InChI is InChI=1S/C6H11N3.2C2HF3O2/c7-3-1-2-6-4-8-5-9-6;2*3-2(4,5)1(6)7/h4-5H,1-3,7H2,(H,8,9);2*(H,6,7). The quantitative estimate of drug-likeness (QED) is 0.611. The van der Waals surface area contributed by atoms with Crippen molar-refractivity contribution in [2.45, 2.75) is 25.2 Å². The van der Waals surface area contributed by atoms with Crippen LogP contribution in [0.1, 0.15) is 12.1 Å². The van der Waals surface area contributed by atoms with Crippen LogP contribution in [0.15, 0.2) is 12.5 Å². The lowest BCUT2D eigenvalue weighted by atomic mass is 10.2. The van der Waals surface area contributed by atoms with Gasteiger partial charge in [0.2, 0.25) is 0 Å². The number of imidazole rings is 1. The highest BCUT2D eigenvalue weighted by molar-refractivity contribution is 5.73. The van der Waals surface area contributed by atoms with Crippen LogP contribution in [0.3, 0.4) is 0 Å². The molecule has 0 spiro atoms. The second-order valence-corrected chi connectivity index (χ2v) is 3.57. The van der Waals surface area contributed by atoms with Crippen molar-refractivity contribution in [2.24, 2.45) is 5.73 Å². The number of nitrogens with two attached hydrogens (primary N) is 1. The average Bonchev–Trinajstić information content (AvgIpc) is 2.88. The Morgan fingerprint density at radius 3 is 1.70 bits per heavy atom. The third-order valence-electron chi connectivity index (χ3n) is 1.69. The van der Waals surface area contributed by atoms with Gasteiger partial charge in [0.05, 0.1) is 6.33 Å². The molecule has 1 aromatic rings. The van der Waals surface area contributed by atoms with Crippen LogP contribution in [-0.2, 0) is 16.0 Å². The highest BCUT2D eigenvalue weighted by Gasteiger charge is 2.38. The number of nitrogens with one attached hydrogen (secondary N) is 1. The van der Waals surface area contributed by atoms with Gasteiger partial charge in [-0.25, -0.2) is 14.6 Å². The van der Waals surface area contributed by atoms with Crippen molar-refractivity contribution in [3.8, 4) is 0 Å². The van der Waals surface area contributed by atoms with E-state index < -0.39 is 24.3 Å². The van der Waals surface area contributed by atoms with Gasteiger partial charge in [-0.2, -0.15) is 26.3 Å². The van der Waals surface area contributed by atoms with Crippen LogP contribution in [0.2, 0.25) is 0 Å². The smallest absolute Gasteiger partial charge is 0.475 e. The topological polar surface area (TPSA) is 129 Å². The molecule has 0 atom stereocenters. The Kier molecular flexibility index (Phi) is 10.4. The molecule has 7 nitrogen and oxygen atoms in total. The Labute approximate surface area is 125 Å². The summed E-state index contributed by atoms with van der Waals surface area (Å²) in [5.74, 6) is -5.51. The number of halogens is 6. The molecule has 0 aromatic carbocycles. The molecule has 1 aromatic heterocycles. The van der Waals surface area contributed by atoms with Crippen molar-refractivity contribution in [1.29, 1.82) is 0 Å². The molecule has 23 heavy (non-hydrogen) atoms. The first kappa shape index (κ1) is 23.0. The maximum atomic E-state index is 10.6. The van der Waals surface area contributed by atoms with Crippen molar-refractivity contribution >= 4 is 11.9 Å². The van der Waals surface area contributed by atoms with E-state index >= 15 is 0 Å². The lowest BCUT2D eigenvalue weighted by molar-refractivity contribution is -0.193. The summed E-state index contributed by atoms with van der Waals surface area (Å²) in [5, 5.41) is 14.2. The van der Waals surface area contributed by atoms with Crippen LogP contribution < -0.4 is 5.73 Å². The summed E-state index contributed by atoms with van der Waals surface area (Å²) < 4.78 is 63.5. The molecule has 0 saturated heterocycles. The normalized spacial score (nSPS) is 10.7. The number of hydrogen-bond acceptors (Lipinski definition) is 4. The van der Waals surface area contributed by atoms with E-state index in [1.165, 1.54) is 5.69 Å². The van der Waals surface area contributed by atoms with Gasteiger partial charge in [0, 0.05) is 11.9 Å². The number of nitrogens with zero attached hydrogens (tertiary/aromatic N) is 1. The minimum absolute atomic E-state index is 0.749. The second kappa shape index (κ2) is 10.4. The minimum atomic E-state index is -5.08. The fraction of sp³-hybridized carbons (Fsp3) is 0.500. The summed E-state index contributed by atoms with van der Waals surface area (Å²) >= 11 is 0. The van der Waals surface area contributed by atoms with Crippen LogP contribution in [0, 0.1) is 0 Å². The number of H-pyrrole nitrogens is 1. The number of aromatic amines is 1. The van der Waals surface area contributed by atoms with Crippen LogP contribution in [-0.4, -0.2) is 51.0 Å². The zero-order valence-electron chi connectivity index (χ0n) is 11.3. The molecule has 0 radical (unpaired) electrons. The van der Waals surface area contributed by atoms with Gasteiger partial charge in [-0.15, -0.1) is 0 Å². The van der Waals surface area contributed by atoms with Crippen LogP contribution in [0.4, 0.5) is 26.3 Å². The van der Waals surface area contributed by atoms with Gasteiger partial charge in [-0.1, -0.05) is 0 Å². The zero-order chi connectivity index (χ0) is 18.7. The number of aromatic nitrogens is 2. The number of carboxylic acids is 2. The van der Waals surface area contributed by atoms with Gasteiger partial charge in [0.1, 0.15) is 0 Å². The molecule has 0 aliphatic rings. The fourth-order valence-corrected chi connectivity index (χ4v) is 0.714. The number of aliphatic carboxylic acids is 2. The molecular weight excluding hydrogens is 340 g/mol. The van der Waals surface area contributed by atoms with Crippen molar-refractivity contribution in [3.63, 3.8) is 0 Å². The van der Waals surface area contributed by atoms with E-state index in [0.29, 0.717) is 0 Å². The second-order valence-electron chi connectivity index (χ2n) is 3.57. The van der Waals surface area contributed by atoms with E-state index in [4.69, 9.17) is 25.5 Å². The molecule has 0 fully saturated rings. The number of carboxylic acid groups (broad SMARTS) is 2. The van der Waals surface area contributed by atoms with Gasteiger partial charge in [0.15, 0.2) is 0 Å². The Morgan fingerprint density at radius 2 is 1.48 bits per heavy atom. The first-order chi connectivity index (χ1) is 10.3.